The monoisotopic (exact) mass is 343 g/mol. The van der Waals surface area contributed by atoms with Gasteiger partial charge in [0.15, 0.2) is 0 Å². The van der Waals surface area contributed by atoms with Crippen molar-refractivity contribution in [1.29, 1.82) is 0 Å². The van der Waals surface area contributed by atoms with Crippen molar-refractivity contribution in [3.8, 4) is 5.69 Å². The van der Waals surface area contributed by atoms with Crippen molar-refractivity contribution in [1.82, 2.24) is 24.5 Å². The van der Waals surface area contributed by atoms with Crippen LogP contribution in [0.2, 0.25) is 5.02 Å². The Morgan fingerprint density at radius 2 is 2.00 bits per heavy atom. The summed E-state index contributed by atoms with van der Waals surface area (Å²) in [6.07, 6.45) is 5.13. The van der Waals surface area contributed by atoms with Gasteiger partial charge < -0.3 is 4.90 Å². The number of nitrogens with zero attached hydrogens (tertiary/aromatic N) is 5. The molecule has 124 valence electrons. The highest BCUT2D eigenvalue weighted by Gasteiger charge is 2.20. The number of aromatic nitrogens is 4. The molecule has 24 heavy (non-hydrogen) atoms. The predicted molar refractivity (Wildman–Crippen MR) is 92.3 cm³/mol. The standard InChI is InChI=1S/C17H18ClN5O/c1-3-22-16(15(18)11-20-22)17(24)21(2)12-13-5-7-14(8-6-13)23-10-4-9-19-23/h4-11H,3,12H2,1-2H3. The highest BCUT2D eigenvalue weighted by Crippen LogP contribution is 2.18. The molecule has 0 spiro atoms. The number of hydrogen-bond acceptors (Lipinski definition) is 3. The molecule has 0 aliphatic rings. The first-order valence-corrected chi connectivity index (χ1v) is 8.03. The molecule has 0 radical (unpaired) electrons. The molecular weight excluding hydrogens is 326 g/mol. The molecular formula is C17H18ClN5O. The summed E-state index contributed by atoms with van der Waals surface area (Å²) in [7, 11) is 1.76. The average Bonchev–Trinajstić information content (AvgIpc) is 3.24. The van der Waals surface area contributed by atoms with E-state index in [0.717, 1.165) is 11.3 Å². The fourth-order valence-electron chi connectivity index (χ4n) is 2.52. The Labute approximate surface area is 145 Å². The van der Waals surface area contributed by atoms with E-state index in [2.05, 4.69) is 10.2 Å². The number of benzene rings is 1. The van der Waals surface area contributed by atoms with Gasteiger partial charge in [-0.2, -0.15) is 10.2 Å². The van der Waals surface area contributed by atoms with E-state index in [0.29, 0.717) is 23.8 Å². The smallest absolute Gasteiger partial charge is 0.273 e. The third-order valence-electron chi connectivity index (χ3n) is 3.77. The summed E-state index contributed by atoms with van der Waals surface area (Å²) in [6, 6.07) is 9.80. The average molecular weight is 344 g/mol. The van der Waals surface area contributed by atoms with Crippen molar-refractivity contribution in [2.75, 3.05) is 7.05 Å². The van der Waals surface area contributed by atoms with Gasteiger partial charge in [0.1, 0.15) is 5.69 Å². The van der Waals surface area contributed by atoms with Crippen LogP contribution in [0.15, 0.2) is 48.9 Å². The molecule has 1 aromatic carbocycles. The molecule has 2 heterocycles. The van der Waals surface area contributed by atoms with Crippen molar-refractivity contribution in [2.24, 2.45) is 0 Å². The highest BCUT2D eigenvalue weighted by molar-refractivity contribution is 6.33. The second-order valence-corrected chi connectivity index (χ2v) is 5.84. The lowest BCUT2D eigenvalue weighted by atomic mass is 10.2. The number of aryl methyl sites for hydroxylation is 1. The van der Waals surface area contributed by atoms with Crippen LogP contribution in [0.4, 0.5) is 0 Å². The van der Waals surface area contributed by atoms with Gasteiger partial charge in [-0.15, -0.1) is 0 Å². The molecule has 0 saturated heterocycles. The Hall–Kier alpha value is -2.60. The van der Waals surface area contributed by atoms with Crippen molar-refractivity contribution >= 4 is 17.5 Å². The summed E-state index contributed by atoms with van der Waals surface area (Å²) in [5, 5.41) is 8.69. The Kier molecular flexibility index (Phi) is 4.66. The van der Waals surface area contributed by atoms with Gasteiger partial charge >= 0.3 is 0 Å². The van der Waals surface area contributed by atoms with Crippen LogP contribution in [0.5, 0.6) is 0 Å². The fraction of sp³-hybridized carbons (Fsp3) is 0.235. The SMILES string of the molecule is CCn1ncc(Cl)c1C(=O)N(C)Cc1ccc(-n2cccn2)cc1. The second-order valence-electron chi connectivity index (χ2n) is 5.44. The maximum absolute atomic E-state index is 12.6. The zero-order valence-corrected chi connectivity index (χ0v) is 14.3. The molecule has 6 nitrogen and oxygen atoms in total. The first-order valence-electron chi connectivity index (χ1n) is 7.66. The lowest BCUT2D eigenvalue weighted by Gasteiger charge is -2.18. The van der Waals surface area contributed by atoms with E-state index in [1.807, 2.05) is 43.5 Å². The molecule has 0 fully saturated rings. The Bertz CT molecular complexity index is 823. The number of amides is 1. The van der Waals surface area contributed by atoms with E-state index in [-0.39, 0.29) is 5.91 Å². The summed E-state index contributed by atoms with van der Waals surface area (Å²) in [5.41, 5.74) is 2.43. The zero-order valence-electron chi connectivity index (χ0n) is 13.6. The lowest BCUT2D eigenvalue weighted by Crippen LogP contribution is -2.28. The molecule has 3 aromatic rings. The second kappa shape index (κ2) is 6.88. The summed E-state index contributed by atoms with van der Waals surface area (Å²) < 4.78 is 3.40. The molecule has 7 heteroatoms. The van der Waals surface area contributed by atoms with Gasteiger partial charge in [0.05, 0.1) is 16.9 Å². The molecule has 0 unspecified atom stereocenters. The molecule has 1 amide bonds. The van der Waals surface area contributed by atoms with Crippen LogP contribution in [0, 0.1) is 0 Å². The summed E-state index contributed by atoms with van der Waals surface area (Å²) in [5.74, 6) is -0.143. The van der Waals surface area contributed by atoms with Crippen LogP contribution in [0.3, 0.4) is 0 Å². The largest absolute Gasteiger partial charge is 0.336 e. The maximum atomic E-state index is 12.6. The van der Waals surface area contributed by atoms with Gasteiger partial charge in [0.2, 0.25) is 0 Å². The Balaban J connectivity index is 1.73. The van der Waals surface area contributed by atoms with Crippen LogP contribution < -0.4 is 0 Å². The Morgan fingerprint density at radius 1 is 1.25 bits per heavy atom. The van der Waals surface area contributed by atoms with Gasteiger partial charge in [-0.1, -0.05) is 23.7 Å². The van der Waals surface area contributed by atoms with E-state index in [1.165, 1.54) is 6.20 Å². The normalized spacial score (nSPS) is 10.8. The van der Waals surface area contributed by atoms with E-state index in [1.54, 1.807) is 27.5 Å². The van der Waals surface area contributed by atoms with Crippen LogP contribution in [-0.2, 0) is 13.1 Å². The predicted octanol–water partition coefficient (Wildman–Crippen LogP) is 3.01. The zero-order chi connectivity index (χ0) is 17.1. The first kappa shape index (κ1) is 16.3. The molecule has 3 rings (SSSR count). The van der Waals surface area contributed by atoms with Crippen molar-refractivity contribution in [2.45, 2.75) is 20.0 Å². The minimum atomic E-state index is -0.143. The van der Waals surface area contributed by atoms with Crippen LogP contribution in [0.25, 0.3) is 5.69 Å². The van der Waals surface area contributed by atoms with Gasteiger partial charge in [0, 0.05) is 32.5 Å². The third kappa shape index (κ3) is 3.19. The summed E-state index contributed by atoms with van der Waals surface area (Å²) in [4.78, 5) is 14.3. The number of carbonyl (C=O) groups is 1. The van der Waals surface area contributed by atoms with Crippen molar-refractivity contribution in [3.63, 3.8) is 0 Å². The highest BCUT2D eigenvalue weighted by atomic mass is 35.5. The lowest BCUT2D eigenvalue weighted by molar-refractivity contribution is 0.0773. The molecule has 0 aliphatic carbocycles. The van der Waals surface area contributed by atoms with Gasteiger partial charge in [-0.05, 0) is 30.7 Å². The number of halogens is 1. The van der Waals surface area contributed by atoms with Crippen LogP contribution in [-0.4, -0.2) is 37.4 Å². The van der Waals surface area contributed by atoms with Crippen molar-refractivity contribution in [3.05, 3.63) is 65.2 Å². The third-order valence-corrected chi connectivity index (χ3v) is 4.05. The molecule has 0 saturated carbocycles. The van der Waals surface area contributed by atoms with Crippen LogP contribution >= 0.6 is 11.6 Å². The Morgan fingerprint density at radius 3 is 2.62 bits per heavy atom. The van der Waals surface area contributed by atoms with E-state index in [4.69, 9.17) is 11.6 Å². The number of carbonyl (C=O) groups excluding carboxylic acids is 1. The topological polar surface area (TPSA) is 56.0 Å². The summed E-state index contributed by atoms with van der Waals surface area (Å²) in [6.45, 7) is 3.01. The van der Waals surface area contributed by atoms with Crippen LogP contribution in [0.1, 0.15) is 23.0 Å². The molecule has 0 N–H and O–H groups in total. The minimum Gasteiger partial charge on any atom is -0.336 e. The summed E-state index contributed by atoms with van der Waals surface area (Å²) >= 11 is 6.10. The quantitative estimate of drug-likeness (QED) is 0.715. The molecule has 2 aromatic heterocycles. The molecule has 0 bridgehead atoms. The maximum Gasteiger partial charge on any atom is 0.273 e. The van der Waals surface area contributed by atoms with E-state index >= 15 is 0 Å². The van der Waals surface area contributed by atoms with E-state index < -0.39 is 0 Å². The van der Waals surface area contributed by atoms with Gasteiger partial charge in [0.25, 0.3) is 5.91 Å². The minimum absolute atomic E-state index is 0.143. The molecule has 0 atom stereocenters. The number of hydrogen-bond donors (Lipinski definition) is 0. The van der Waals surface area contributed by atoms with Gasteiger partial charge in [-0.3, -0.25) is 9.48 Å². The van der Waals surface area contributed by atoms with Gasteiger partial charge in [-0.25, -0.2) is 4.68 Å². The number of rotatable bonds is 5. The van der Waals surface area contributed by atoms with E-state index in [9.17, 15) is 4.79 Å². The first-order chi connectivity index (χ1) is 11.6. The fourth-order valence-corrected chi connectivity index (χ4v) is 2.74. The molecule has 0 aliphatic heterocycles. The van der Waals surface area contributed by atoms with Crippen molar-refractivity contribution < 1.29 is 4.79 Å².